The molecule has 1 aromatic heterocycles. The molecule has 5 rings (SSSR count). The van der Waals surface area contributed by atoms with E-state index < -0.39 is 41.6 Å². The van der Waals surface area contributed by atoms with Gasteiger partial charge in [-0.25, -0.2) is 9.78 Å². The van der Waals surface area contributed by atoms with Crippen LogP contribution in [0, 0.1) is 13.8 Å². The minimum absolute atomic E-state index is 0.00141. The molecule has 3 aromatic carbocycles. The van der Waals surface area contributed by atoms with Gasteiger partial charge in [0, 0.05) is 19.4 Å². The number of alkyl carbamates (subject to hydrolysis) is 1. The number of phenols is 1. The topological polar surface area (TPSA) is 152 Å². The van der Waals surface area contributed by atoms with Crippen molar-refractivity contribution in [3.05, 3.63) is 94.3 Å². The van der Waals surface area contributed by atoms with Gasteiger partial charge in [0.05, 0.1) is 24.2 Å². The molecule has 0 spiro atoms. The Bertz CT molecular complexity index is 1890. The Hall–Kier alpha value is -5.39. The van der Waals surface area contributed by atoms with E-state index in [0.717, 1.165) is 33.3 Å². The molecule has 0 aliphatic carbocycles. The fraction of sp³-hybridized carbons (Fsp3) is 0.395. The summed E-state index contributed by atoms with van der Waals surface area (Å²) in [5.74, 6) is -0.717. The first-order valence-corrected chi connectivity index (χ1v) is 16.8. The number of imidazole rings is 1. The molecule has 0 radical (unpaired) electrons. The van der Waals surface area contributed by atoms with Crippen LogP contribution in [0.4, 0.5) is 4.79 Å². The van der Waals surface area contributed by atoms with Crippen LogP contribution < -0.4 is 10.6 Å². The van der Waals surface area contributed by atoms with Crippen LogP contribution in [0.25, 0.3) is 11.0 Å². The number of aryl methyl sites for hydroxylation is 2. The zero-order valence-electron chi connectivity index (χ0n) is 29.4. The highest BCUT2D eigenvalue weighted by molar-refractivity contribution is 5.92. The van der Waals surface area contributed by atoms with Crippen LogP contribution >= 0.6 is 0 Å². The standard InChI is InChI=1S/C38H45N5O7/c1-7-49-34(45)22-42-31-15-11-10-14-29(31)40-33(42)20-39-35(46)32-18-25-12-8-9-13-26(25)21-43(32)36(47)30(41-37(48)50-38(4,5)6)19-28-23(2)16-27(44)17-24(28)3/h8-17,30,32,44H,7,18-22H2,1-6H3,(H,39,46)(H,41,48)/t30-,32-/m0/s1. The second-order valence-electron chi connectivity index (χ2n) is 13.5. The third-order valence-electron chi connectivity index (χ3n) is 8.66. The fourth-order valence-corrected chi connectivity index (χ4v) is 6.39. The van der Waals surface area contributed by atoms with E-state index in [1.54, 1.807) is 44.4 Å². The Labute approximate surface area is 291 Å². The lowest BCUT2D eigenvalue weighted by atomic mass is 9.91. The summed E-state index contributed by atoms with van der Waals surface area (Å²) in [6, 6.07) is 16.2. The molecule has 264 valence electrons. The largest absolute Gasteiger partial charge is 0.508 e. The van der Waals surface area contributed by atoms with Gasteiger partial charge in [-0.15, -0.1) is 0 Å². The smallest absolute Gasteiger partial charge is 0.408 e. The number of esters is 1. The summed E-state index contributed by atoms with van der Waals surface area (Å²) in [6.45, 7) is 10.9. The van der Waals surface area contributed by atoms with Crippen molar-refractivity contribution in [2.45, 2.75) is 91.7 Å². The molecular weight excluding hydrogens is 638 g/mol. The quantitative estimate of drug-likeness (QED) is 0.205. The summed E-state index contributed by atoms with van der Waals surface area (Å²) in [5.41, 5.74) is 4.73. The second-order valence-corrected chi connectivity index (χ2v) is 13.5. The first-order valence-electron chi connectivity index (χ1n) is 16.8. The number of benzene rings is 3. The predicted octanol–water partition coefficient (Wildman–Crippen LogP) is 4.63. The number of nitrogens with zero attached hydrogens (tertiary/aromatic N) is 3. The van der Waals surface area contributed by atoms with Gasteiger partial charge in [-0.3, -0.25) is 14.4 Å². The van der Waals surface area contributed by atoms with Gasteiger partial charge < -0.3 is 34.7 Å². The Kier molecular flexibility index (Phi) is 10.8. The number of ether oxygens (including phenoxy) is 2. The zero-order valence-corrected chi connectivity index (χ0v) is 29.4. The van der Waals surface area contributed by atoms with E-state index in [1.165, 1.54) is 4.90 Å². The number of fused-ring (bicyclic) bond motifs is 2. The minimum Gasteiger partial charge on any atom is -0.508 e. The Morgan fingerprint density at radius 2 is 1.66 bits per heavy atom. The third-order valence-corrected chi connectivity index (χ3v) is 8.66. The lowest BCUT2D eigenvalue weighted by molar-refractivity contribution is -0.144. The van der Waals surface area contributed by atoms with E-state index in [2.05, 4.69) is 15.6 Å². The molecule has 12 nitrogen and oxygen atoms in total. The number of phenolic OH excluding ortho intramolecular Hbond substituents is 1. The van der Waals surface area contributed by atoms with Crippen LogP contribution in [0.3, 0.4) is 0 Å². The minimum atomic E-state index is -1.08. The number of carbonyl (C=O) groups excluding carboxylic acids is 4. The van der Waals surface area contributed by atoms with Crippen LogP contribution in [-0.2, 0) is 56.3 Å². The Morgan fingerprint density at radius 3 is 2.34 bits per heavy atom. The first kappa shape index (κ1) is 35.9. The van der Waals surface area contributed by atoms with Gasteiger partial charge in [0.1, 0.15) is 35.8 Å². The predicted molar refractivity (Wildman–Crippen MR) is 187 cm³/mol. The number of aromatic nitrogens is 2. The molecule has 12 heteroatoms. The van der Waals surface area contributed by atoms with Crippen molar-refractivity contribution in [1.29, 1.82) is 0 Å². The second kappa shape index (κ2) is 15.0. The van der Waals surface area contributed by atoms with E-state index in [9.17, 15) is 24.3 Å². The Morgan fingerprint density at radius 1 is 1.00 bits per heavy atom. The van der Waals surface area contributed by atoms with Crippen molar-refractivity contribution < 1.29 is 33.8 Å². The molecule has 0 saturated carbocycles. The summed E-state index contributed by atoms with van der Waals surface area (Å²) in [6.07, 6.45) is -0.395. The van der Waals surface area contributed by atoms with E-state index >= 15 is 0 Å². The maximum absolute atomic E-state index is 14.6. The number of amides is 3. The molecule has 2 heterocycles. The molecule has 3 N–H and O–H groups in total. The van der Waals surface area contributed by atoms with E-state index in [-0.39, 0.29) is 44.8 Å². The molecule has 0 unspecified atom stereocenters. The van der Waals surface area contributed by atoms with Gasteiger partial charge in [-0.05, 0) is 93.6 Å². The molecule has 50 heavy (non-hydrogen) atoms. The number of hydrogen-bond donors (Lipinski definition) is 3. The maximum atomic E-state index is 14.6. The normalized spacial score (nSPS) is 14.8. The molecule has 1 aliphatic rings. The molecule has 0 saturated heterocycles. The molecule has 0 fully saturated rings. The van der Waals surface area contributed by atoms with E-state index in [1.807, 2.05) is 62.4 Å². The lowest BCUT2D eigenvalue weighted by Gasteiger charge is -2.38. The van der Waals surface area contributed by atoms with Gasteiger partial charge in [-0.2, -0.15) is 0 Å². The summed E-state index contributed by atoms with van der Waals surface area (Å²) in [7, 11) is 0. The van der Waals surface area contributed by atoms with Crippen molar-refractivity contribution >= 4 is 34.9 Å². The highest BCUT2D eigenvalue weighted by atomic mass is 16.6. The summed E-state index contributed by atoms with van der Waals surface area (Å²) in [4.78, 5) is 60.5. The van der Waals surface area contributed by atoms with Crippen LogP contribution in [0.1, 0.15) is 61.3 Å². The highest BCUT2D eigenvalue weighted by Crippen LogP contribution is 2.27. The molecule has 4 aromatic rings. The first-order chi connectivity index (χ1) is 23.7. The molecule has 1 aliphatic heterocycles. The van der Waals surface area contributed by atoms with Gasteiger partial charge in [0.2, 0.25) is 11.8 Å². The maximum Gasteiger partial charge on any atom is 0.408 e. The SMILES string of the molecule is CCOC(=O)Cn1c(CNC(=O)[C@@H]2Cc3ccccc3CN2C(=O)[C@H](Cc2c(C)cc(O)cc2C)NC(=O)OC(C)(C)C)nc2ccccc21. The monoisotopic (exact) mass is 683 g/mol. The summed E-state index contributed by atoms with van der Waals surface area (Å²) in [5, 5.41) is 15.9. The van der Waals surface area contributed by atoms with Gasteiger partial charge in [-0.1, -0.05) is 36.4 Å². The van der Waals surface area contributed by atoms with Crippen LogP contribution in [0.15, 0.2) is 60.7 Å². The van der Waals surface area contributed by atoms with Gasteiger partial charge >= 0.3 is 12.1 Å². The lowest BCUT2D eigenvalue weighted by Crippen LogP contribution is -2.58. The van der Waals surface area contributed by atoms with Crippen LogP contribution in [0.2, 0.25) is 0 Å². The number of nitrogens with one attached hydrogen (secondary N) is 2. The average Bonchev–Trinajstić information content (AvgIpc) is 3.39. The van der Waals surface area contributed by atoms with E-state index in [0.29, 0.717) is 11.3 Å². The van der Waals surface area contributed by atoms with Crippen molar-refractivity contribution in [1.82, 2.24) is 25.1 Å². The third kappa shape index (κ3) is 8.42. The summed E-state index contributed by atoms with van der Waals surface area (Å²) >= 11 is 0. The molecule has 3 amide bonds. The molecule has 2 atom stereocenters. The Balaban J connectivity index is 1.45. The van der Waals surface area contributed by atoms with Crippen LogP contribution in [-0.4, -0.2) is 67.7 Å². The molecule has 0 bridgehead atoms. The van der Waals surface area contributed by atoms with Crippen molar-refractivity contribution in [2.75, 3.05) is 6.61 Å². The zero-order chi connectivity index (χ0) is 36.2. The number of para-hydroxylation sites is 2. The number of rotatable bonds is 10. The highest BCUT2D eigenvalue weighted by Gasteiger charge is 2.39. The number of hydrogen-bond acceptors (Lipinski definition) is 8. The average molecular weight is 684 g/mol. The van der Waals surface area contributed by atoms with Crippen molar-refractivity contribution in [3.8, 4) is 5.75 Å². The summed E-state index contributed by atoms with van der Waals surface area (Å²) < 4.78 is 12.4. The fourth-order valence-electron chi connectivity index (χ4n) is 6.39. The van der Waals surface area contributed by atoms with Crippen molar-refractivity contribution in [2.24, 2.45) is 0 Å². The number of carbonyl (C=O) groups is 4. The van der Waals surface area contributed by atoms with Crippen molar-refractivity contribution in [3.63, 3.8) is 0 Å². The van der Waals surface area contributed by atoms with Crippen LogP contribution in [0.5, 0.6) is 5.75 Å². The number of aromatic hydroxyl groups is 1. The van der Waals surface area contributed by atoms with E-state index in [4.69, 9.17) is 9.47 Å². The van der Waals surface area contributed by atoms with Gasteiger partial charge in [0.25, 0.3) is 0 Å². The van der Waals surface area contributed by atoms with Gasteiger partial charge in [0.15, 0.2) is 0 Å². The molecular formula is C38H45N5O7.